The predicted octanol–water partition coefficient (Wildman–Crippen LogP) is 17.0. The Kier molecular flexibility index (Phi) is 38.7. The second-order valence-electron chi connectivity index (χ2n) is 23.7. The summed E-state index contributed by atoms with van der Waals surface area (Å²) < 4.78 is 16.0. The maximum atomic E-state index is 11.4. The molecule has 0 saturated carbocycles. The number of urea groups is 1. The van der Waals surface area contributed by atoms with Crippen LogP contribution in [-0.4, -0.2) is 167 Å². The number of nitrogens with zero attached hydrogens (tertiary/aromatic N) is 21. The normalized spacial score (nSPS) is 11.3. The van der Waals surface area contributed by atoms with Gasteiger partial charge >= 0.3 is 17.7 Å². The van der Waals surface area contributed by atoms with Gasteiger partial charge in [-0.2, -0.15) is 56.6 Å². The summed E-state index contributed by atoms with van der Waals surface area (Å²) in [7, 11) is 8.57. The Morgan fingerprint density at radius 1 is 0.469 bits per heavy atom. The Bertz CT molecular complexity index is 5710. The van der Waals surface area contributed by atoms with Crippen LogP contribution in [0.5, 0.6) is 6.01 Å². The SMILES string of the molecule is C.C.C.C.C.C.C.C.C=S(CC)c1ccc(-n2cnc(=O)[nH]2)nc1-c1nc2cc(C)cnc2n1C.C=S(CC)c1ccc(-n2cnc(OC)n2)nc1-c1nc2cc(C)cnc2n1C.C=S(CC)c1ccc(C)nc1-c1nc2cc(C)cnc2n1C.C=S(CC)c1ccc(NNC(N)=O)nc1-c1nc2cc(C)cnc2n1C.[CH3-].[V]. The summed E-state index contributed by atoms with van der Waals surface area (Å²) in [6.07, 6.45) is 10.3. The summed E-state index contributed by atoms with van der Waals surface area (Å²) in [6, 6.07) is 23.4. The zero-order valence-corrected chi connectivity index (χ0v) is 66.0. The average Bonchev–Trinajstić information content (AvgIpc) is 1.66. The van der Waals surface area contributed by atoms with Gasteiger partial charge in [-0.25, -0.2) is 79.2 Å². The number of H-pyrrole nitrogens is 1. The molecule has 14 aromatic rings. The maximum absolute atomic E-state index is 11.4. The number of carbonyl (C=O) groups is 1. The van der Waals surface area contributed by atoms with Crippen molar-refractivity contribution in [2.24, 2.45) is 33.9 Å². The fraction of sp³-hybridized carbons (Fsp3) is 0.325. The number of imidazole rings is 4. The van der Waals surface area contributed by atoms with Crippen molar-refractivity contribution < 1.29 is 28.1 Å². The van der Waals surface area contributed by atoms with E-state index in [1.165, 1.54) is 23.0 Å². The van der Waals surface area contributed by atoms with Crippen LogP contribution in [0.15, 0.2) is 135 Å². The Morgan fingerprint density at radius 3 is 1.14 bits per heavy atom. The van der Waals surface area contributed by atoms with Crippen molar-refractivity contribution >= 4 is 122 Å². The van der Waals surface area contributed by atoms with Gasteiger partial charge in [-0.15, -0.1) is 5.10 Å². The number of hydrogen-bond donors (Lipinski definition) is 4. The number of ether oxygens (including phenoxy) is 1. The minimum atomic E-state index is -0.690. The van der Waals surface area contributed by atoms with Crippen LogP contribution in [0.3, 0.4) is 0 Å². The van der Waals surface area contributed by atoms with Gasteiger partial charge in [0.2, 0.25) is 0 Å². The Hall–Kier alpha value is -10.5. The van der Waals surface area contributed by atoms with Crippen LogP contribution in [0.4, 0.5) is 10.6 Å². The molecule has 14 heterocycles. The fourth-order valence-corrected chi connectivity index (χ4v) is 14.8. The summed E-state index contributed by atoms with van der Waals surface area (Å²) in [5.74, 6) is 25.5. The first-order valence-corrected chi connectivity index (χ1v) is 38.8. The second kappa shape index (κ2) is 43.5. The number of nitrogens with two attached hydrogens (primary N) is 1. The molecule has 2 amide bonds. The molecule has 33 heteroatoms. The van der Waals surface area contributed by atoms with Crippen LogP contribution >= 0.6 is 41.9 Å². The zero-order chi connectivity index (χ0) is 73.7. The van der Waals surface area contributed by atoms with Crippen molar-refractivity contribution in [1.29, 1.82) is 0 Å². The van der Waals surface area contributed by atoms with Crippen molar-refractivity contribution in [2.45, 2.75) is 141 Å². The van der Waals surface area contributed by atoms with Gasteiger partial charge in [0.1, 0.15) is 63.3 Å². The fourth-order valence-electron chi connectivity index (χ4n) is 10.9. The van der Waals surface area contributed by atoms with Crippen molar-refractivity contribution in [3.8, 4) is 63.7 Å². The molecule has 0 aliphatic rings. The molecule has 0 bridgehead atoms. The largest absolute Gasteiger partial charge is 0.466 e. The van der Waals surface area contributed by atoms with Crippen LogP contribution < -0.4 is 27.0 Å². The maximum Gasteiger partial charge on any atom is 0.361 e. The van der Waals surface area contributed by atoms with Crippen molar-refractivity contribution in [3.05, 3.63) is 156 Å². The molecule has 0 aromatic carbocycles. The van der Waals surface area contributed by atoms with E-state index in [2.05, 4.69) is 119 Å². The Balaban J connectivity index is 0.000000734. The van der Waals surface area contributed by atoms with E-state index in [1.807, 2.05) is 160 Å². The molecule has 14 aromatic heterocycles. The molecule has 0 aliphatic carbocycles. The molecule has 28 nitrogen and oxygen atoms in total. The summed E-state index contributed by atoms with van der Waals surface area (Å²) in [6.45, 7) is 18.5. The van der Waals surface area contributed by atoms with E-state index in [4.69, 9.17) is 45.4 Å². The number of aromatic nitrogens is 22. The smallest absolute Gasteiger partial charge is 0.361 e. The second-order valence-corrected chi connectivity index (χ2v) is 31.7. The van der Waals surface area contributed by atoms with Crippen LogP contribution in [0.1, 0.15) is 115 Å². The number of aryl methyl sites for hydroxylation is 9. The Morgan fingerprint density at radius 2 is 0.805 bits per heavy atom. The molecule has 14 rings (SSSR count). The predicted molar refractivity (Wildman–Crippen MR) is 481 cm³/mol. The molecule has 609 valence electrons. The van der Waals surface area contributed by atoms with Crippen LogP contribution in [-0.2, 0) is 46.7 Å². The third-order valence-electron chi connectivity index (χ3n) is 16.4. The van der Waals surface area contributed by atoms with Gasteiger partial charge in [-0.3, -0.25) is 10.9 Å². The molecular formula is C80H116N25O3S4V-. The van der Waals surface area contributed by atoms with Gasteiger partial charge in [0.05, 0.1) is 7.11 Å². The average molecular weight is 1660 g/mol. The number of nitrogens with one attached hydrogen (secondary N) is 3. The minimum Gasteiger partial charge on any atom is -0.466 e. The van der Waals surface area contributed by atoms with Crippen LogP contribution in [0.2, 0.25) is 0 Å². The van der Waals surface area contributed by atoms with Gasteiger partial charge < -0.3 is 36.2 Å². The molecule has 5 N–H and O–H groups in total. The van der Waals surface area contributed by atoms with E-state index in [1.54, 1.807) is 17.1 Å². The van der Waals surface area contributed by atoms with E-state index in [0.29, 0.717) is 35.0 Å². The van der Waals surface area contributed by atoms with Crippen molar-refractivity contribution in [2.75, 3.05) is 35.5 Å². The minimum absolute atomic E-state index is 0. The number of carbonyl (C=O) groups excluding carboxylic acids is 1. The van der Waals surface area contributed by atoms with Crippen molar-refractivity contribution in [3.63, 3.8) is 0 Å². The number of hydrogen-bond acceptors (Lipinski definition) is 19. The van der Waals surface area contributed by atoms with E-state index in [9.17, 15) is 9.59 Å². The number of primary amides is 1. The number of pyridine rings is 8. The first-order valence-electron chi connectivity index (χ1n) is 32.5. The molecule has 0 aliphatic heterocycles. The van der Waals surface area contributed by atoms with Gasteiger partial charge in [0.15, 0.2) is 57.5 Å². The van der Waals surface area contributed by atoms with Crippen molar-refractivity contribution in [1.82, 2.24) is 113 Å². The number of hydrazine groups is 1. The standard InChI is InChI=1S/C19H21N7OS.C18H19N7OS.C17H21N7OS.C17H20N4S.8CH4.CH3.V/c1-6-28(5)14-7-8-15(26-11-21-19(24-26)27-4)23-16(14)18-22-13-9-12(2)10-20-17(13)25(18)3;1-5-27(4)13-6-7-14(25-10-20-18(26)23-25)22-15(13)17-21-12-8-11(2)9-19-16(12)24(17)3;1-5-26(4)12-6-7-13(22-23-17(18)25)21-14(12)16-20-11-8-10(2)9-19-15(11)24(16)3;1-6-22(5)14-8-7-12(3)19-15(14)17-20-13-9-11(2)10-18-16(13)21(17)4;;;;;;;;;;/h7-11H,5-6H2,1-4H3;6-10H,4-5H2,1-3H3,(H,23,26);6-9H,4-5H2,1-3H3,(H,21,22)(H3,18,23,25);7-10H,5-6H2,1-4H3;8*1H4;1H3;/q;;;;;;;;;;;;-1;. The number of fused-ring (bicyclic) bond motifs is 4. The Labute approximate surface area is 688 Å². The number of aromatic amines is 1. The summed E-state index contributed by atoms with van der Waals surface area (Å²) in [5.41, 5.74) is 24.8. The third kappa shape index (κ3) is 21.8. The topological polar surface area (TPSA) is 332 Å². The first kappa shape index (κ1) is 101. The van der Waals surface area contributed by atoms with E-state index in [-0.39, 0.29) is 127 Å². The molecule has 1 radical (unpaired) electrons. The molecule has 113 heavy (non-hydrogen) atoms. The van der Waals surface area contributed by atoms with Crippen LogP contribution in [0, 0.1) is 42.0 Å². The van der Waals surface area contributed by atoms with Gasteiger partial charge in [0, 0.05) is 96.8 Å². The zero-order valence-electron chi connectivity index (χ0n) is 61.3. The monoisotopic (exact) mass is 1650 g/mol. The van der Waals surface area contributed by atoms with Crippen LogP contribution in [0.25, 0.3) is 102 Å². The number of rotatable bonds is 17. The molecular weight excluding hydrogens is 1540 g/mol. The number of anilines is 1. The van der Waals surface area contributed by atoms with Gasteiger partial charge in [0.25, 0.3) is 0 Å². The molecule has 0 saturated heterocycles. The van der Waals surface area contributed by atoms with E-state index >= 15 is 0 Å². The quantitative estimate of drug-likeness (QED) is 0.0374. The number of amides is 2. The summed E-state index contributed by atoms with van der Waals surface area (Å²) in [5, 5.41) is 6.89. The molecule has 0 spiro atoms. The summed E-state index contributed by atoms with van der Waals surface area (Å²) >= 11 is 0. The van der Waals surface area contributed by atoms with E-state index < -0.39 is 11.7 Å². The third-order valence-corrected chi connectivity index (χ3v) is 23.0. The summed E-state index contributed by atoms with van der Waals surface area (Å²) in [4.78, 5) is 90.6. The van der Waals surface area contributed by atoms with E-state index in [0.717, 1.165) is 145 Å². The molecule has 4 unspecified atom stereocenters. The first-order chi connectivity index (χ1) is 49.4. The van der Waals surface area contributed by atoms with Gasteiger partial charge in [-0.05, 0) is 153 Å². The molecule has 0 fully saturated rings. The molecule has 4 atom stereocenters. The van der Waals surface area contributed by atoms with Gasteiger partial charge in [-0.1, -0.05) is 111 Å². The number of methoxy groups -OCH3 is 1.